The zero-order valence-electron chi connectivity index (χ0n) is 15.7. The number of nitrogens with one attached hydrogen (secondary N) is 1. The molecule has 0 unspecified atom stereocenters. The van der Waals surface area contributed by atoms with Gasteiger partial charge < -0.3 is 4.90 Å². The lowest BCUT2D eigenvalue weighted by Gasteiger charge is -2.20. The van der Waals surface area contributed by atoms with Crippen LogP contribution in [0.5, 0.6) is 0 Å². The molecule has 1 aromatic heterocycles. The third-order valence-corrected chi connectivity index (χ3v) is 7.13. The van der Waals surface area contributed by atoms with Crippen molar-refractivity contribution in [2.24, 2.45) is 0 Å². The molecule has 3 rings (SSSR count). The minimum Gasteiger partial charge on any atom is -0.330 e. The van der Waals surface area contributed by atoms with Gasteiger partial charge in [0.05, 0.1) is 21.5 Å². The Morgan fingerprint density at radius 3 is 2.43 bits per heavy atom. The quantitative estimate of drug-likeness (QED) is 0.421. The highest BCUT2D eigenvalue weighted by molar-refractivity contribution is 7.92. The maximum Gasteiger partial charge on any atom is 0.261 e. The van der Waals surface area contributed by atoms with Crippen molar-refractivity contribution in [3.05, 3.63) is 93.1 Å². The first-order valence-electron chi connectivity index (χ1n) is 8.80. The highest BCUT2D eigenvalue weighted by atomic mass is 35.5. The maximum absolute atomic E-state index is 12.9. The second-order valence-corrected chi connectivity index (χ2v) is 9.84. The van der Waals surface area contributed by atoms with Crippen molar-refractivity contribution in [2.45, 2.75) is 11.4 Å². The lowest BCUT2D eigenvalue weighted by molar-refractivity contribution is 0.0764. The molecule has 30 heavy (non-hydrogen) atoms. The van der Waals surface area contributed by atoms with E-state index in [0.717, 1.165) is 4.88 Å². The molecular weight excluding hydrogens is 463 g/mol. The molecular formula is C21H18Cl2N2O3S2. The standard InChI is InChI=1S/C21H18Cl2N2O3S2/c1-2-11-25(14-17-4-3-12-29-17)21(26)15-5-7-16(8-6-15)24-30(27,28)18-9-10-19(22)20(23)13-18/h2-10,12-13,24H,1,11,14H2. The highest BCUT2D eigenvalue weighted by Gasteiger charge is 2.18. The van der Waals surface area contributed by atoms with Crippen LogP contribution in [0, 0.1) is 0 Å². The van der Waals surface area contributed by atoms with Crippen molar-refractivity contribution in [3.8, 4) is 0 Å². The van der Waals surface area contributed by atoms with Crippen LogP contribution in [-0.4, -0.2) is 25.8 Å². The van der Waals surface area contributed by atoms with Gasteiger partial charge in [-0.1, -0.05) is 35.3 Å². The van der Waals surface area contributed by atoms with Gasteiger partial charge in [-0.05, 0) is 53.9 Å². The molecule has 0 radical (unpaired) electrons. The third kappa shape index (κ3) is 5.43. The summed E-state index contributed by atoms with van der Waals surface area (Å²) in [6.07, 6.45) is 1.67. The van der Waals surface area contributed by atoms with Crippen LogP contribution < -0.4 is 4.72 Å². The Kier molecular flexibility index (Phi) is 7.20. The predicted octanol–water partition coefficient (Wildman–Crippen LogP) is 5.68. The summed E-state index contributed by atoms with van der Waals surface area (Å²) in [6.45, 7) is 4.60. The molecule has 1 amide bonds. The summed E-state index contributed by atoms with van der Waals surface area (Å²) in [5.74, 6) is -0.165. The first-order valence-corrected chi connectivity index (χ1v) is 11.9. The molecule has 0 fully saturated rings. The number of thiophene rings is 1. The van der Waals surface area contributed by atoms with Crippen LogP contribution in [0.2, 0.25) is 10.0 Å². The summed E-state index contributed by atoms with van der Waals surface area (Å²) in [5, 5.41) is 2.37. The molecule has 0 aliphatic carbocycles. The molecule has 0 spiro atoms. The zero-order valence-corrected chi connectivity index (χ0v) is 18.9. The molecule has 3 aromatic rings. The largest absolute Gasteiger partial charge is 0.330 e. The molecule has 1 N–H and O–H groups in total. The molecule has 0 saturated carbocycles. The van der Waals surface area contributed by atoms with Crippen molar-refractivity contribution in [1.82, 2.24) is 4.90 Å². The van der Waals surface area contributed by atoms with E-state index in [9.17, 15) is 13.2 Å². The number of rotatable bonds is 8. The Morgan fingerprint density at radius 2 is 1.83 bits per heavy atom. The number of carbonyl (C=O) groups is 1. The molecule has 156 valence electrons. The fourth-order valence-corrected chi connectivity index (χ4v) is 4.85. The molecule has 1 heterocycles. The van der Waals surface area contributed by atoms with Crippen LogP contribution in [0.25, 0.3) is 0 Å². The average molecular weight is 481 g/mol. The molecule has 9 heteroatoms. The summed E-state index contributed by atoms with van der Waals surface area (Å²) < 4.78 is 27.6. The Balaban J connectivity index is 1.75. The van der Waals surface area contributed by atoms with Crippen LogP contribution in [0.15, 0.2) is 77.5 Å². The van der Waals surface area contributed by atoms with Gasteiger partial charge in [0.2, 0.25) is 0 Å². The summed E-state index contributed by atoms with van der Waals surface area (Å²) in [5.41, 5.74) is 0.775. The first-order chi connectivity index (χ1) is 14.3. The van der Waals surface area contributed by atoms with Crippen molar-refractivity contribution >= 4 is 56.2 Å². The lowest BCUT2D eigenvalue weighted by Crippen LogP contribution is -2.30. The van der Waals surface area contributed by atoms with E-state index in [-0.39, 0.29) is 20.8 Å². The van der Waals surface area contributed by atoms with E-state index in [1.54, 1.807) is 46.6 Å². The highest BCUT2D eigenvalue weighted by Crippen LogP contribution is 2.26. The second kappa shape index (κ2) is 9.66. The minimum atomic E-state index is -3.85. The van der Waals surface area contributed by atoms with Gasteiger partial charge in [-0.3, -0.25) is 9.52 Å². The summed E-state index contributed by atoms with van der Waals surface area (Å²) in [7, 11) is -3.85. The normalized spacial score (nSPS) is 11.1. The summed E-state index contributed by atoms with van der Waals surface area (Å²) in [6, 6.07) is 14.2. The van der Waals surface area contributed by atoms with E-state index >= 15 is 0 Å². The van der Waals surface area contributed by atoms with E-state index in [1.165, 1.54) is 18.2 Å². The average Bonchev–Trinajstić information content (AvgIpc) is 3.22. The maximum atomic E-state index is 12.9. The van der Waals surface area contributed by atoms with E-state index in [2.05, 4.69) is 11.3 Å². The number of sulfonamides is 1. The van der Waals surface area contributed by atoms with Crippen molar-refractivity contribution < 1.29 is 13.2 Å². The second-order valence-electron chi connectivity index (χ2n) is 6.31. The van der Waals surface area contributed by atoms with E-state index in [4.69, 9.17) is 23.2 Å². The van der Waals surface area contributed by atoms with Gasteiger partial charge in [-0.15, -0.1) is 17.9 Å². The van der Waals surface area contributed by atoms with Gasteiger partial charge in [0, 0.05) is 22.7 Å². The number of carbonyl (C=O) groups excluding carboxylic acids is 1. The molecule has 0 aliphatic rings. The third-order valence-electron chi connectivity index (χ3n) is 4.15. The van der Waals surface area contributed by atoms with E-state index in [0.29, 0.717) is 24.3 Å². The lowest BCUT2D eigenvalue weighted by atomic mass is 10.2. The Labute approximate surface area is 189 Å². The number of benzene rings is 2. The number of halogens is 2. The number of anilines is 1. The molecule has 0 bridgehead atoms. The van der Waals surface area contributed by atoms with Gasteiger partial charge in [0.15, 0.2) is 0 Å². The SMILES string of the molecule is C=CCN(Cc1cccs1)C(=O)c1ccc(NS(=O)(=O)c2ccc(Cl)c(Cl)c2)cc1. The van der Waals surface area contributed by atoms with Crippen molar-refractivity contribution in [3.63, 3.8) is 0 Å². The van der Waals surface area contributed by atoms with Crippen molar-refractivity contribution in [1.29, 1.82) is 0 Å². The zero-order chi connectivity index (χ0) is 21.7. The van der Waals surface area contributed by atoms with Gasteiger partial charge in [-0.2, -0.15) is 0 Å². The molecule has 0 atom stereocenters. The topological polar surface area (TPSA) is 66.5 Å². The van der Waals surface area contributed by atoms with Gasteiger partial charge in [0.1, 0.15) is 0 Å². The number of amides is 1. The fourth-order valence-electron chi connectivity index (χ4n) is 2.69. The van der Waals surface area contributed by atoms with E-state index < -0.39 is 10.0 Å². The molecule has 5 nitrogen and oxygen atoms in total. The Bertz CT molecular complexity index is 1150. The molecule has 0 saturated heterocycles. The van der Waals surface area contributed by atoms with E-state index in [1.807, 2.05) is 17.5 Å². The smallest absolute Gasteiger partial charge is 0.261 e. The number of hydrogen-bond acceptors (Lipinski definition) is 4. The molecule has 0 aliphatic heterocycles. The molecule has 2 aromatic carbocycles. The van der Waals surface area contributed by atoms with Crippen LogP contribution in [0.1, 0.15) is 15.2 Å². The Morgan fingerprint density at radius 1 is 1.10 bits per heavy atom. The van der Waals surface area contributed by atoms with Crippen molar-refractivity contribution in [2.75, 3.05) is 11.3 Å². The fraction of sp³-hybridized carbons (Fsp3) is 0.0952. The van der Waals surface area contributed by atoms with Gasteiger partial charge >= 0.3 is 0 Å². The number of nitrogens with zero attached hydrogens (tertiary/aromatic N) is 1. The van der Waals surface area contributed by atoms with Crippen LogP contribution >= 0.6 is 34.5 Å². The summed E-state index contributed by atoms with van der Waals surface area (Å²) in [4.78, 5) is 15.6. The van der Waals surface area contributed by atoms with Gasteiger partial charge in [0.25, 0.3) is 15.9 Å². The minimum absolute atomic E-state index is 0.00911. The monoisotopic (exact) mass is 480 g/mol. The van der Waals surface area contributed by atoms with Crippen LogP contribution in [0.4, 0.5) is 5.69 Å². The number of hydrogen-bond donors (Lipinski definition) is 1. The van der Waals surface area contributed by atoms with Crippen LogP contribution in [0.3, 0.4) is 0 Å². The summed E-state index contributed by atoms with van der Waals surface area (Å²) >= 11 is 13.3. The Hall–Kier alpha value is -2.32. The first kappa shape index (κ1) is 22.4. The predicted molar refractivity (Wildman–Crippen MR) is 123 cm³/mol. The van der Waals surface area contributed by atoms with Crippen LogP contribution in [-0.2, 0) is 16.6 Å². The van der Waals surface area contributed by atoms with Gasteiger partial charge in [-0.25, -0.2) is 8.42 Å².